The molecule has 10 heteroatoms. The maximum absolute atomic E-state index is 11.8. The van der Waals surface area contributed by atoms with Crippen molar-refractivity contribution >= 4 is 75.7 Å². The van der Waals surface area contributed by atoms with E-state index in [0.717, 1.165) is 0 Å². The standard InChI is InChI=1S/C18H12Br4O6/c19-9-1-7(15(23)13(21)5-9)3-11(17(25)26)12(18(27)28)4-8-2-10(20)6-14(22)16(8)24/h1-2,5-6,23-24H,3-4H2,(H,25,26)(H,27,28). The number of hydrogen-bond donors (Lipinski definition) is 4. The number of phenolic OH excluding ortho intramolecular Hbond substituents is 2. The number of benzene rings is 2. The van der Waals surface area contributed by atoms with Gasteiger partial charge >= 0.3 is 11.9 Å². The van der Waals surface area contributed by atoms with Crippen LogP contribution in [0.5, 0.6) is 11.5 Å². The molecule has 0 bridgehead atoms. The lowest BCUT2D eigenvalue weighted by Crippen LogP contribution is -2.15. The van der Waals surface area contributed by atoms with Crippen molar-refractivity contribution in [3.63, 3.8) is 0 Å². The molecule has 2 rings (SSSR count). The summed E-state index contributed by atoms with van der Waals surface area (Å²) in [5, 5.41) is 39.7. The average molecular weight is 644 g/mol. The smallest absolute Gasteiger partial charge is 0.332 e. The quantitative estimate of drug-likeness (QED) is 0.314. The molecule has 148 valence electrons. The highest BCUT2D eigenvalue weighted by Gasteiger charge is 2.24. The van der Waals surface area contributed by atoms with Crippen LogP contribution in [0.1, 0.15) is 11.1 Å². The maximum Gasteiger partial charge on any atom is 0.332 e. The second-order valence-corrected chi connectivity index (χ2v) is 9.25. The monoisotopic (exact) mass is 640 g/mol. The van der Waals surface area contributed by atoms with Crippen molar-refractivity contribution < 1.29 is 30.0 Å². The first-order chi connectivity index (χ1) is 13.0. The number of rotatable bonds is 6. The molecule has 0 aliphatic heterocycles. The van der Waals surface area contributed by atoms with E-state index in [4.69, 9.17) is 0 Å². The van der Waals surface area contributed by atoms with Crippen LogP contribution in [0.3, 0.4) is 0 Å². The van der Waals surface area contributed by atoms with Crippen LogP contribution in [0.15, 0.2) is 53.3 Å². The number of hydrogen-bond acceptors (Lipinski definition) is 4. The summed E-state index contributed by atoms with van der Waals surface area (Å²) in [7, 11) is 0. The van der Waals surface area contributed by atoms with Gasteiger partial charge in [0, 0.05) is 32.9 Å². The number of aliphatic carboxylic acids is 2. The van der Waals surface area contributed by atoms with Crippen molar-refractivity contribution in [2.45, 2.75) is 12.8 Å². The van der Waals surface area contributed by atoms with Gasteiger partial charge < -0.3 is 20.4 Å². The van der Waals surface area contributed by atoms with Crippen molar-refractivity contribution in [3.05, 3.63) is 64.4 Å². The largest absolute Gasteiger partial charge is 0.506 e. The Morgan fingerprint density at radius 1 is 0.679 bits per heavy atom. The van der Waals surface area contributed by atoms with Gasteiger partial charge in [-0.3, -0.25) is 0 Å². The summed E-state index contributed by atoms with van der Waals surface area (Å²) in [6, 6.07) is 6.18. The zero-order chi connectivity index (χ0) is 21.2. The van der Waals surface area contributed by atoms with E-state index in [-0.39, 0.29) is 35.5 Å². The Bertz CT molecular complexity index is 921. The minimum atomic E-state index is -1.43. The first-order valence-electron chi connectivity index (χ1n) is 7.53. The Morgan fingerprint density at radius 3 is 1.29 bits per heavy atom. The molecule has 0 amide bonds. The van der Waals surface area contributed by atoms with Crippen LogP contribution in [0.2, 0.25) is 0 Å². The Hall–Kier alpha value is -1.36. The van der Waals surface area contributed by atoms with Crippen molar-refractivity contribution in [1.29, 1.82) is 0 Å². The fourth-order valence-corrected chi connectivity index (χ4v) is 5.14. The third-order valence-corrected chi connectivity index (χ3v) is 5.95. The number of carboxylic acids is 2. The Morgan fingerprint density at radius 2 is 1.00 bits per heavy atom. The van der Waals surface area contributed by atoms with Gasteiger partial charge in [0.25, 0.3) is 0 Å². The van der Waals surface area contributed by atoms with Gasteiger partial charge in [0.1, 0.15) is 11.5 Å². The van der Waals surface area contributed by atoms with Crippen molar-refractivity contribution in [1.82, 2.24) is 0 Å². The van der Waals surface area contributed by atoms with E-state index in [0.29, 0.717) is 17.9 Å². The molecule has 0 saturated carbocycles. The van der Waals surface area contributed by atoms with Gasteiger partial charge in [0.05, 0.1) is 20.1 Å². The molecule has 2 aromatic carbocycles. The molecule has 0 aliphatic carbocycles. The molecule has 4 N–H and O–H groups in total. The average Bonchev–Trinajstić information content (AvgIpc) is 2.58. The van der Waals surface area contributed by atoms with E-state index in [1.54, 1.807) is 12.1 Å². The van der Waals surface area contributed by atoms with E-state index >= 15 is 0 Å². The van der Waals surface area contributed by atoms with E-state index < -0.39 is 23.1 Å². The van der Waals surface area contributed by atoms with Gasteiger partial charge in [-0.1, -0.05) is 31.9 Å². The molecular formula is C18H12Br4O6. The molecule has 0 atom stereocenters. The number of carbonyl (C=O) groups is 2. The van der Waals surface area contributed by atoms with Gasteiger partial charge in [-0.05, 0) is 56.1 Å². The zero-order valence-electron chi connectivity index (χ0n) is 13.8. The van der Waals surface area contributed by atoms with Gasteiger partial charge in [0.15, 0.2) is 0 Å². The summed E-state index contributed by atoms with van der Waals surface area (Å²) >= 11 is 12.8. The van der Waals surface area contributed by atoms with Crippen LogP contribution in [0.25, 0.3) is 0 Å². The lowest BCUT2D eigenvalue weighted by atomic mass is 9.94. The van der Waals surface area contributed by atoms with Crippen LogP contribution in [0.4, 0.5) is 0 Å². The predicted molar refractivity (Wildman–Crippen MR) is 117 cm³/mol. The van der Waals surface area contributed by atoms with E-state index in [9.17, 15) is 30.0 Å². The van der Waals surface area contributed by atoms with Gasteiger partial charge in [0.2, 0.25) is 0 Å². The van der Waals surface area contributed by atoms with Crippen LogP contribution >= 0.6 is 63.7 Å². The molecule has 2 aromatic rings. The summed E-state index contributed by atoms with van der Waals surface area (Å²) in [6.45, 7) is 0. The first kappa shape index (κ1) is 22.9. The normalized spacial score (nSPS) is 11.9. The molecule has 0 radical (unpaired) electrons. The fourth-order valence-electron chi connectivity index (χ4n) is 2.51. The summed E-state index contributed by atoms with van der Waals surface area (Å²) in [5.41, 5.74) is -0.333. The Balaban J connectivity index is 2.60. The molecule has 0 spiro atoms. The Kier molecular flexibility index (Phi) is 7.72. The van der Waals surface area contributed by atoms with E-state index in [1.165, 1.54) is 12.1 Å². The Labute approximate surface area is 193 Å². The summed E-state index contributed by atoms with van der Waals surface area (Å²) in [6.07, 6.45) is -0.645. The maximum atomic E-state index is 11.8. The molecule has 0 saturated heterocycles. The number of carboxylic acid groups (broad SMARTS) is 2. The third kappa shape index (κ3) is 5.37. The summed E-state index contributed by atoms with van der Waals surface area (Å²) in [5.74, 6) is -3.22. The minimum Gasteiger partial charge on any atom is -0.506 e. The highest BCUT2D eigenvalue weighted by Crippen LogP contribution is 2.36. The molecule has 0 aromatic heterocycles. The number of halogens is 4. The third-order valence-electron chi connectivity index (χ3n) is 3.83. The van der Waals surface area contributed by atoms with Gasteiger partial charge in [-0.15, -0.1) is 0 Å². The fraction of sp³-hybridized carbons (Fsp3) is 0.111. The van der Waals surface area contributed by atoms with Crippen molar-refractivity contribution in [2.75, 3.05) is 0 Å². The van der Waals surface area contributed by atoms with Crippen molar-refractivity contribution in [3.8, 4) is 11.5 Å². The topological polar surface area (TPSA) is 115 Å². The molecular weight excluding hydrogens is 632 g/mol. The van der Waals surface area contributed by atoms with Crippen LogP contribution in [-0.2, 0) is 22.4 Å². The molecule has 0 fully saturated rings. The highest BCUT2D eigenvalue weighted by atomic mass is 79.9. The summed E-state index contributed by atoms with van der Waals surface area (Å²) < 4.78 is 1.85. The van der Waals surface area contributed by atoms with Crippen LogP contribution in [-0.4, -0.2) is 32.4 Å². The van der Waals surface area contributed by atoms with Gasteiger partial charge in [-0.25, -0.2) is 9.59 Å². The van der Waals surface area contributed by atoms with Crippen LogP contribution in [0, 0.1) is 0 Å². The van der Waals surface area contributed by atoms with Crippen molar-refractivity contribution in [2.24, 2.45) is 0 Å². The number of phenols is 2. The zero-order valence-corrected chi connectivity index (χ0v) is 20.2. The summed E-state index contributed by atoms with van der Waals surface area (Å²) in [4.78, 5) is 23.7. The van der Waals surface area contributed by atoms with Crippen LogP contribution < -0.4 is 0 Å². The molecule has 28 heavy (non-hydrogen) atoms. The molecule has 6 nitrogen and oxygen atoms in total. The molecule has 0 unspecified atom stereocenters. The first-order valence-corrected chi connectivity index (χ1v) is 10.7. The lowest BCUT2D eigenvalue weighted by Gasteiger charge is -2.13. The van der Waals surface area contributed by atoms with E-state index in [1.807, 2.05) is 0 Å². The molecule has 0 aliphatic rings. The second-order valence-electron chi connectivity index (χ2n) is 5.71. The minimum absolute atomic E-state index is 0.181. The lowest BCUT2D eigenvalue weighted by molar-refractivity contribution is -0.136. The van der Waals surface area contributed by atoms with E-state index in [2.05, 4.69) is 63.7 Å². The molecule has 0 heterocycles. The SMILES string of the molecule is O=C(O)C(Cc1cc(Br)cc(Br)c1O)=C(Cc1cc(Br)cc(Br)c1O)C(=O)O. The predicted octanol–water partition coefficient (Wildman–Crippen LogP) is 5.40. The highest BCUT2D eigenvalue weighted by molar-refractivity contribution is 9.11. The number of aromatic hydroxyl groups is 2. The second kappa shape index (κ2) is 9.43. The van der Waals surface area contributed by atoms with Gasteiger partial charge in [-0.2, -0.15) is 0 Å².